The molecular formula is C11H24N2O3. The van der Waals surface area contributed by atoms with Gasteiger partial charge in [0.05, 0.1) is 13.2 Å². The normalized spacial score (nSPS) is 11.1. The minimum absolute atomic E-state index is 0.0194. The number of nitrogens with one attached hydrogen (secondary N) is 1. The van der Waals surface area contributed by atoms with E-state index in [0.717, 1.165) is 13.0 Å². The zero-order chi connectivity index (χ0) is 12.4. The predicted molar refractivity (Wildman–Crippen MR) is 63.1 cm³/mol. The van der Waals surface area contributed by atoms with Gasteiger partial charge in [0, 0.05) is 25.6 Å². The number of hydrogen-bond acceptors (Lipinski definition) is 4. The van der Waals surface area contributed by atoms with Gasteiger partial charge in [0.2, 0.25) is 5.91 Å². The molecular weight excluding hydrogens is 208 g/mol. The largest absolute Gasteiger partial charge is 0.395 e. The van der Waals surface area contributed by atoms with Crippen LogP contribution >= 0.6 is 0 Å². The molecule has 0 unspecified atom stereocenters. The second-order valence-electron chi connectivity index (χ2n) is 4.09. The van der Waals surface area contributed by atoms with Gasteiger partial charge in [-0.15, -0.1) is 0 Å². The number of rotatable bonds is 9. The summed E-state index contributed by atoms with van der Waals surface area (Å²) in [6.45, 7) is 6.47. The zero-order valence-corrected chi connectivity index (χ0v) is 10.3. The molecule has 1 amide bonds. The lowest BCUT2D eigenvalue weighted by molar-refractivity contribution is -0.123. The average Bonchev–Trinajstić information content (AvgIpc) is 2.24. The van der Waals surface area contributed by atoms with Crippen LogP contribution in [0.5, 0.6) is 0 Å². The minimum Gasteiger partial charge on any atom is -0.395 e. The molecule has 0 saturated carbocycles. The van der Waals surface area contributed by atoms with Gasteiger partial charge in [0.1, 0.15) is 0 Å². The van der Waals surface area contributed by atoms with Gasteiger partial charge < -0.3 is 15.5 Å². The molecule has 0 radical (unpaired) electrons. The van der Waals surface area contributed by atoms with E-state index in [9.17, 15) is 4.79 Å². The molecule has 3 N–H and O–H groups in total. The summed E-state index contributed by atoms with van der Waals surface area (Å²) in [5.74, 6) is 0.0850. The third-order valence-electron chi connectivity index (χ3n) is 2.31. The van der Waals surface area contributed by atoms with Crippen molar-refractivity contribution in [3.8, 4) is 0 Å². The molecule has 5 heteroatoms. The minimum atomic E-state index is 0.0194. The lowest BCUT2D eigenvalue weighted by Crippen LogP contribution is -2.34. The molecule has 0 aromatic carbocycles. The summed E-state index contributed by atoms with van der Waals surface area (Å²) in [5, 5.41) is 20.4. The van der Waals surface area contributed by atoms with Crippen molar-refractivity contribution in [1.82, 2.24) is 10.2 Å². The van der Waals surface area contributed by atoms with E-state index in [1.165, 1.54) is 0 Å². The van der Waals surface area contributed by atoms with Crippen molar-refractivity contribution >= 4 is 5.91 Å². The van der Waals surface area contributed by atoms with Crippen LogP contribution in [0.3, 0.4) is 0 Å². The molecule has 0 aliphatic carbocycles. The maximum atomic E-state index is 11.2. The van der Waals surface area contributed by atoms with Crippen molar-refractivity contribution in [2.45, 2.75) is 20.3 Å². The van der Waals surface area contributed by atoms with Crippen molar-refractivity contribution in [3.05, 3.63) is 0 Å². The standard InChI is InChI=1S/C11H24N2O3/c1-10(2)11(16)12-4-3-5-13(6-8-14)7-9-15/h10,14-15H,3-9H2,1-2H3,(H,12,16). The fourth-order valence-corrected chi connectivity index (χ4v) is 1.34. The number of nitrogens with zero attached hydrogens (tertiary/aromatic N) is 1. The number of aliphatic hydroxyl groups excluding tert-OH is 2. The second-order valence-corrected chi connectivity index (χ2v) is 4.09. The van der Waals surface area contributed by atoms with Crippen LogP contribution in [0, 0.1) is 5.92 Å². The first-order valence-electron chi connectivity index (χ1n) is 5.83. The second kappa shape index (κ2) is 9.57. The summed E-state index contributed by atoms with van der Waals surface area (Å²) in [4.78, 5) is 13.2. The summed E-state index contributed by atoms with van der Waals surface area (Å²) >= 11 is 0. The van der Waals surface area contributed by atoms with E-state index in [0.29, 0.717) is 19.6 Å². The number of hydrogen-bond donors (Lipinski definition) is 3. The Bertz CT molecular complexity index is 180. The number of amides is 1. The molecule has 0 atom stereocenters. The van der Waals surface area contributed by atoms with E-state index in [4.69, 9.17) is 10.2 Å². The van der Waals surface area contributed by atoms with Crippen LogP contribution in [-0.4, -0.2) is 60.4 Å². The predicted octanol–water partition coefficient (Wildman–Crippen LogP) is -0.565. The summed E-state index contributed by atoms with van der Waals surface area (Å²) in [6.07, 6.45) is 0.832. The van der Waals surface area contributed by atoms with Crippen LogP contribution in [0.15, 0.2) is 0 Å². The van der Waals surface area contributed by atoms with Crippen LogP contribution < -0.4 is 5.32 Å². The molecule has 0 spiro atoms. The van der Waals surface area contributed by atoms with E-state index in [1.807, 2.05) is 18.7 Å². The Morgan fingerprint density at radius 3 is 2.19 bits per heavy atom. The van der Waals surface area contributed by atoms with Crippen LogP contribution in [0.2, 0.25) is 0 Å². The molecule has 0 fully saturated rings. The molecule has 96 valence electrons. The Kier molecular flexibility index (Phi) is 9.18. The molecule has 16 heavy (non-hydrogen) atoms. The molecule has 5 nitrogen and oxygen atoms in total. The molecule has 0 saturated heterocycles. The molecule has 0 heterocycles. The average molecular weight is 232 g/mol. The van der Waals surface area contributed by atoms with Crippen molar-refractivity contribution in [2.24, 2.45) is 5.92 Å². The lowest BCUT2D eigenvalue weighted by Gasteiger charge is -2.20. The first-order chi connectivity index (χ1) is 7.61. The van der Waals surface area contributed by atoms with E-state index in [2.05, 4.69) is 5.32 Å². The Balaban J connectivity index is 3.57. The fraction of sp³-hybridized carbons (Fsp3) is 0.909. The lowest BCUT2D eigenvalue weighted by atomic mass is 10.2. The Morgan fingerprint density at radius 2 is 1.75 bits per heavy atom. The van der Waals surface area contributed by atoms with Crippen LogP contribution in [0.4, 0.5) is 0 Å². The van der Waals surface area contributed by atoms with Crippen LogP contribution in [0.1, 0.15) is 20.3 Å². The molecule has 0 rings (SSSR count). The van der Waals surface area contributed by atoms with Crippen molar-refractivity contribution in [3.63, 3.8) is 0 Å². The van der Waals surface area contributed by atoms with E-state index < -0.39 is 0 Å². The van der Waals surface area contributed by atoms with Crippen LogP contribution in [0.25, 0.3) is 0 Å². The highest BCUT2D eigenvalue weighted by atomic mass is 16.3. The Hall–Kier alpha value is -0.650. The smallest absolute Gasteiger partial charge is 0.222 e. The molecule has 0 aliphatic heterocycles. The summed E-state index contributed by atoms with van der Waals surface area (Å²) < 4.78 is 0. The van der Waals surface area contributed by atoms with Crippen LogP contribution in [-0.2, 0) is 4.79 Å². The van der Waals surface area contributed by atoms with Crippen molar-refractivity contribution in [1.29, 1.82) is 0 Å². The maximum absolute atomic E-state index is 11.2. The van der Waals surface area contributed by atoms with Crippen molar-refractivity contribution < 1.29 is 15.0 Å². The third-order valence-corrected chi connectivity index (χ3v) is 2.31. The topological polar surface area (TPSA) is 72.8 Å². The van der Waals surface area contributed by atoms with Gasteiger partial charge in [-0.3, -0.25) is 9.69 Å². The van der Waals surface area contributed by atoms with E-state index in [1.54, 1.807) is 0 Å². The molecule has 0 aliphatic rings. The Labute approximate surface area is 97.4 Å². The zero-order valence-electron chi connectivity index (χ0n) is 10.3. The first-order valence-corrected chi connectivity index (χ1v) is 5.83. The quantitative estimate of drug-likeness (QED) is 0.466. The van der Waals surface area contributed by atoms with Gasteiger partial charge in [0.25, 0.3) is 0 Å². The molecule has 0 bridgehead atoms. The SMILES string of the molecule is CC(C)C(=O)NCCCN(CCO)CCO. The fourth-order valence-electron chi connectivity index (χ4n) is 1.34. The van der Waals surface area contributed by atoms with E-state index in [-0.39, 0.29) is 25.0 Å². The summed E-state index contributed by atoms with van der Waals surface area (Å²) in [5.41, 5.74) is 0. The monoisotopic (exact) mass is 232 g/mol. The third kappa shape index (κ3) is 7.62. The maximum Gasteiger partial charge on any atom is 0.222 e. The van der Waals surface area contributed by atoms with Gasteiger partial charge in [-0.05, 0) is 13.0 Å². The van der Waals surface area contributed by atoms with Gasteiger partial charge in [-0.2, -0.15) is 0 Å². The van der Waals surface area contributed by atoms with Gasteiger partial charge in [-0.1, -0.05) is 13.8 Å². The number of carbonyl (C=O) groups is 1. The highest BCUT2D eigenvalue weighted by molar-refractivity contribution is 5.77. The Morgan fingerprint density at radius 1 is 1.19 bits per heavy atom. The highest BCUT2D eigenvalue weighted by Crippen LogP contribution is 1.93. The summed E-state index contributed by atoms with van der Waals surface area (Å²) in [7, 11) is 0. The van der Waals surface area contributed by atoms with E-state index >= 15 is 0 Å². The van der Waals surface area contributed by atoms with Gasteiger partial charge >= 0.3 is 0 Å². The van der Waals surface area contributed by atoms with Gasteiger partial charge in [0.15, 0.2) is 0 Å². The molecule has 0 aromatic heterocycles. The number of aliphatic hydroxyl groups is 2. The number of carbonyl (C=O) groups excluding carboxylic acids is 1. The highest BCUT2D eigenvalue weighted by Gasteiger charge is 2.06. The van der Waals surface area contributed by atoms with Crippen molar-refractivity contribution in [2.75, 3.05) is 39.4 Å². The summed E-state index contributed by atoms with van der Waals surface area (Å²) in [6, 6.07) is 0. The molecule has 0 aromatic rings. The van der Waals surface area contributed by atoms with Gasteiger partial charge in [-0.25, -0.2) is 0 Å². The first kappa shape index (κ1) is 15.3.